The number of rotatable bonds is 5. The van der Waals surface area contributed by atoms with Crippen molar-refractivity contribution in [2.45, 2.75) is 26.4 Å². The summed E-state index contributed by atoms with van der Waals surface area (Å²) in [5.41, 5.74) is 2.37. The Morgan fingerprint density at radius 3 is 2.72 bits per heavy atom. The van der Waals surface area contributed by atoms with Crippen LogP contribution in [0.25, 0.3) is 5.65 Å². The van der Waals surface area contributed by atoms with Gasteiger partial charge in [-0.05, 0) is 43.2 Å². The molecule has 0 saturated carbocycles. The van der Waals surface area contributed by atoms with E-state index in [-0.39, 0.29) is 24.4 Å². The van der Waals surface area contributed by atoms with Crippen molar-refractivity contribution in [2.75, 3.05) is 0 Å². The second kappa shape index (κ2) is 7.25. The lowest BCUT2D eigenvalue weighted by atomic mass is 10.1. The van der Waals surface area contributed by atoms with Gasteiger partial charge in [0, 0.05) is 18.2 Å². The van der Waals surface area contributed by atoms with E-state index >= 15 is 0 Å². The van der Waals surface area contributed by atoms with Crippen LogP contribution in [0.3, 0.4) is 0 Å². The highest BCUT2D eigenvalue weighted by atomic mass is 19.1. The standard InChI is InChI=1S/C19H17FN2O3/c1-13-3-2-4-17-21-16(11-18(23)22(13)17)12-25-19(24)10-7-14-5-8-15(20)9-6-14/h2-6,8-9,11H,7,10,12H2,1H3. The van der Waals surface area contributed by atoms with Crippen molar-refractivity contribution >= 4 is 11.6 Å². The number of aryl methyl sites for hydroxylation is 2. The monoisotopic (exact) mass is 340 g/mol. The van der Waals surface area contributed by atoms with Gasteiger partial charge in [0.2, 0.25) is 0 Å². The summed E-state index contributed by atoms with van der Waals surface area (Å²) in [6.45, 7) is 1.77. The number of ether oxygens (including phenoxy) is 1. The smallest absolute Gasteiger partial charge is 0.306 e. The first-order valence-corrected chi connectivity index (χ1v) is 7.91. The van der Waals surface area contributed by atoms with E-state index in [1.165, 1.54) is 22.6 Å². The highest BCUT2D eigenvalue weighted by Crippen LogP contribution is 2.08. The molecule has 0 radical (unpaired) electrons. The summed E-state index contributed by atoms with van der Waals surface area (Å²) in [5, 5.41) is 0. The fraction of sp³-hybridized carbons (Fsp3) is 0.211. The topological polar surface area (TPSA) is 60.7 Å². The molecule has 0 unspecified atom stereocenters. The summed E-state index contributed by atoms with van der Waals surface area (Å²) in [4.78, 5) is 28.3. The van der Waals surface area contributed by atoms with Crippen molar-refractivity contribution in [3.63, 3.8) is 0 Å². The fourth-order valence-corrected chi connectivity index (χ4v) is 2.56. The third-order valence-corrected chi connectivity index (χ3v) is 3.85. The number of aromatic nitrogens is 2. The minimum absolute atomic E-state index is 0.0536. The molecule has 0 saturated heterocycles. The van der Waals surface area contributed by atoms with Crippen molar-refractivity contribution in [3.8, 4) is 0 Å². The van der Waals surface area contributed by atoms with Crippen LogP contribution in [-0.2, 0) is 22.6 Å². The predicted octanol–water partition coefficient (Wildman–Crippen LogP) is 2.82. The predicted molar refractivity (Wildman–Crippen MR) is 90.7 cm³/mol. The van der Waals surface area contributed by atoms with Gasteiger partial charge in [0.1, 0.15) is 18.1 Å². The molecule has 3 rings (SSSR count). The van der Waals surface area contributed by atoms with E-state index in [1.54, 1.807) is 18.2 Å². The fourth-order valence-electron chi connectivity index (χ4n) is 2.56. The molecule has 5 nitrogen and oxygen atoms in total. The van der Waals surface area contributed by atoms with Crippen LogP contribution in [0.4, 0.5) is 4.39 Å². The van der Waals surface area contributed by atoms with Crippen molar-refractivity contribution in [1.82, 2.24) is 9.38 Å². The molecule has 0 aliphatic heterocycles. The molecule has 0 bridgehead atoms. The lowest BCUT2D eigenvalue weighted by Crippen LogP contribution is -2.18. The molecule has 0 aliphatic carbocycles. The van der Waals surface area contributed by atoms with Crippen LogP contribution in [0.1, 0.15) is 23.4 Å². The maximum Gasteiger partial charge on any atom is 0.306 e. The lowest BCUT2D eigenvalue weighted by Gasteiger charge is -2.07. The van der Waals surface area contributed by atoms with Gasteiger partial charge in [0.25, 0.3) is 5.56 Å². The first kappa shape index (κ1) is 16.8. The van der Waals surface area contributed by atoms with Crippen molar-refractivity contribution in [1.29, 1.82) is 0 Å². The highest BCUT2D eigenvalue weighted by Gasteiger charge is 2.08. The third kappa shape index (κ3) is 4.09. The molecule has 0 N–H and O–H groups in total. The van der Waals surface area contributed by atoms with Crippen molar-refractivity contribution in [3.05, 3.63) is 81.7 Å². The number of esters is 1. The number of hydrogen-bond donors (Lipinski definition) is 0. The molecule has 2 aromatic heterocycles. The zero-order chi connectivity index (χ0) is 17.8. The van der Waals surface area contributed by atoms with E-state index in [4.69, 9.17) is 4.74 Å². The third-order valence-electron chi connectivity index (χ3n) is 3.85. The Labute approximate surface area is 143 Å². The van der Waals surface area contributed by atoms with Crippen LogP contribution in [0.2, 0.25) is 0 Å². The minimum atomic E-state index is -0.393. The normalized spacial score (nSPS) is 10.8. The maximum absolute atomic E-state index is 12.8. The largest absolute Gasteiger partial charge is 0.459 e. The summed E-state index contributed by atoms with van der Waals surface area (Å²) in [7, 11) is 0. The Kier molecular flexibility index (Phi) is 4.88. The molecule has 128 valence electrons. The number of pyridine rings is 1. The molecular weight excluding hydrogens is 323 g/mol. The Morgan fingerprint density at radius 2 is 1.96 bits per heavy atom. The van der Waals surface area contributed by atoms with E-state index in [0.717, 1.165) is 11.3 Å². The van der Waals surface area contributed by atoms with Gasteiger partial charge in [-0.15, -0.1) is 0 Å². The number of fused-ring (bicyclic) bond motifs is 1. The summed E-state index contributed by atoms with van der Waals surface area (Å²) in [6.07, 6.45) is 0.642. The first-order valence-electron chi connectivity index (χ1n) is 7.91. The van der Waals surface area contributed by atoms with Gasteiger partial charge in [-0.3, -0.25) is 14.0 Å². The van der Waals surface area contributed by atoms with E-state index in [1.807, 2.05) is 19.1 Å². The SMILES string of the molecule is Cc1cccc2nc(COC(=O)CCc3ccc(F)cc3)cc(=O)n12. The molecule has 6 heteroatoms. The minimum Gasteiger partial charge on any atom is -0.459 e. The zero-order valence-corrected chi connectivity index (χ0v) is 13.7. The van der Waals surface area contributed by atoms with Gasteiger partial charge in [-0.25, -0.2) is 9.37 Å². The first-order chi connectivity index (χ1) is 12.0. The molecule has 2 heterocycles. The van der Waals surface area contributed by atoms with Gasteiger partial charge < -0.3 is 4.74 Å². The highest BCUT2D eigenvalue weighted by molar-refractivity contribution is 5.69. The molecule has 25 heavy (non-hydrogen) atoms. The van der Waals surface area contributed by atoms with Gasteiger partial charge in [-0.2, -0.15) is 0 Å². The lowest BCUT2D eigenvalue weighted by molar-refractivity contribution is -0.145. The van der Waals surface area contributed by atoms with E-state index in [2.05, 4.69) is 4.98 Å². The van der Waals surface area contributed by atoms with Crippen molar-refractivity contribution in [2.24, 2.45) is 0 Å². The Balaban J connectivity index is 1.61. The molecule has 0 fully saturated rings. The van der Waals surface area contributed by atoms with Crippen molar-refractivity contribution < 1.29 is 13.9 Å². The van der Waals surface area contributed by atoms with E-state index < -0.39 is 5.97 Å². The average molecular weight is 340 g/mol. The quantitative estimate of drug-likeness (QED) is 0.670. The Bertz CT molecular complexity index is 965. The van der Waals surface area contributed by atoms with Gasteiger partial charge >= 0.3 is 5.97 Å². The second-order valence-electron chi connectivity index (χ2n) is 5.73. The van der Waals surface area contributed by atoms with Crippen LogP contribution >= 0.6 is 0 Å². The Morgan fingerprint density at radius 1 is 1.20 bits per heavy atom. The second-order valence-corrected chi connectivity index (χ2v) is 5.73. The summed E-state index contributed by atoms with van der Waals surface area (Å²) in [5.74, 6) is -0.703. The molecule has 3 aromatic rings. The average Bonchev–Trinajstić information content (AvgIpc) is 2.59. The van der Waals surface area contributed by atoms with Crippen LogP contribution in [0, 0.1) is 12.7 Å². The number of carbonyl (C=O) groups is 1. The summed E-state index contributed by atoms with van der Waals surface area (Å²) >= 11 is 0. The van der Waals surface area contributed by atoms with Crippen LogP contribution < -0.4 is 5.56 Å². The molecule has 0 aliphatic rings. The molecule has 0 spiro atoms. The molecule has 0 amide bonds. The number of carbonyl (C=O) groups excluding carboxylic acids is 1. The molecular formula is C19H17FN2O3. The molecule has 0 atom stereocenters. The van der Waals surface area contributed by atoms with E-state index in [0.29, 0.717) is 17.8 Å². The van der Waals surface area contributed by atoms with Crippen LogP contribution in [0.15, 0.2) is 53.3 Å². The maximum atomic E-state index is 12.8. The Hall–Kier alpha value is -3.02. The zero-order valence-electron chi connectivity index (χ0n) is 13.7. The van der Waals surface area contributed by atoms with Gasteiger partial charge in [0.05, 0.1) is 5.69 Å². The number of benzene rings is 1. The number of nitrogens with zero attached hydrogens (tertiary/aromatic N) is 2. The van der Waals surface area contributed by atoms with Gasteiger partial charge in [-0.1, -0.05) is 18.2 Å². The summed E-state index contributed by atoms with van der Waals surface area (Å²) < 4.78 is 19.5. The number of halogens is 1. The number of hydrogen-bond acceptors (Lipinski definition) is 4. The van der Waals surface area contributed by atoms with E-state index in [9.17, 15) is 14.0 Å². The van der Waals surface area contributed by atoms with Gasteiger partial charge in [0.15, 0.2) is 0 Å². The summed E-state index contributed by atoms with van der Waals surface area (Å²) in [6, 6.07) is 12.7. The van der Waals surface area contributed by atoms with Crippen LogP contribution in [0.5, 0.6) is 0 Å². The van der Waals surface area contributed by atoms with Crippen LogP contribution in [-0.4, -0.2) is 15.4 Å². The molecule has 1 aromatic carbocycles.